The first kappa shape index (κ1) is 18.2. The van der Waals surface area contributed by atoms with Gasteiger partial charge in [-0.1, -0.05) is 0 Å². The van der Waals surface area contributed by atoms with Gasteiger partial charge in [0, 0.05) is 25.2 Å². The fraction of sp³-hybridized carbons (Fsp3) is 0.611. The van der Waals surface area contributed by atoms with Crippen LogP contribution in [0.15, 0.2) is 18.3 Å². The van der Waals surface area contributed by atoms with Crippen LogP contribution in [0.4, 0.5) is 13.2 Å². The quantitative estimate of drug-likeness (QED) is 0.741. The highest BCUT2D eigenvalue weighted by atomic mass is 19.4. The van der Waals surface area contributed by atoms with Crippen molar-refractivity contribution in [2.24, 2.45) is 13.0 Å². The molecule has 0 bridgehead atoms. The van der Waals surface area contributed by atoms with Crippen LogP contribution < -0.4 is 4.74 Å². The minimum Gasteiger partial charge on any atom is -0.469 e. The van der Waals surface area contributed by atoms with E-state index in [1.54, 1.807) is 0 Å². The van der Waals surface area contributed by atoms with Crippen LogP contribution in [0.2, 0.25) is 0 Å². The molecule has 9 heteroatoms. The minimum absolute atomic E-state index is 0.0169. The number of pyridine rings is 1. The molecule has 2 aliphatic rings. The molecule has 6 nitrogen and oxygen atoms in total. The van der Waals surface area contributed by atoms with Crippen molar-refractivity contribution in [1.29, 1.82) is 0 Å². The summed E-state index contributed by atoms with van der Waals surface area (Å²) in [6.45, 7) is 0.910. The molecular formula is C18H21F3N4O2. The number of ether oxygens (including phenoxy) is 2. The second-order valence-electron chi connectivity index (χ2n) is 7.19. The molecule has 0 radical (unpaired) electrons. The lowest BCUT2D eigenvalue weighted by atomic mass is 9.80. The van der Waals surface area contributed by atoms with Crippen LogP contribution in [0.5, 0.6) is 5.88 Å². The van der Waals surface area contributed by atoms with E-state index in [4.69, 9.17) is 9.47 Å². The topological polar surface area (TPSA) is 65.4 Å². The summed E-state index contributed by atoms with van der Waals surface area (Å²) < 4.78 is 51.0. The minimum atomic E-state index is -4.43. The standard InChI is InChI=1S/C18H21F3N4O2/c1-25-15(10-27-16-8-13(6-7-22-16)18(19,20)21)23-24-17(25)12-4-2-11(3-5-12)14-9-26-14/h6-8,11-12,14H,2-5,9-10H2,1H3. The Morgan fingerprint density at radius 1 is 1.22 bits per heavy atom. The number of epoxide rings is 1. The van der Waals surface area contributed by atoms with Gasteiger partial charge < -0.3 is 14.0 Å². The van der Waals surface area contributed by atoms with Crippen LogP contribution in [0.25, 0.3) is 0 Å². The van der Waals surface area contributed by atoms with Gasteiger partial charge in [-0.15, -0.1) is 10.2 Å². The molecule has 3 heterocycles. The Morgan fingerprint density at radius 2 is 1.96 bits per heavy atom. The van der Waals surface area contributed by atoms with Crippen LogP contribution in [-0.2, 0) is 24.6 Å². The molecule has 146 valence electrons. The van der Waals surface area contributed by atoms with E-state index in [0.29, 0.717) is 23.8 Å². The Labute approximate surface area is 154 Å². The van der Waals surface area contributed by atoms with Crippen molar-refractivity contribution < 1.29 is 22.6 Å². The SMILES string of the molecule is Cn1c(COc2cc(C(F)(F)F)ccn2)nnc1C1CCC(C2CO2)CC1. The monoisotopic (exact) mass is 382 g/mol. The highest BCUT2D eigenvalue weighted by Crippen LogP contribution is 2.39. The van der Waals surface area contributed by atoms with Gasteiger partial charge in [-0.25, -0.2) is 4.98 Å². The molecule has 27 heavy (non-hydrogen) atoms. The predicted molar refractivity (Wildman–Crippen MR) is 89.0 cm³/mol. The Kier molecular flexibility index (Phi) is 4.79. The van der Waals surface area contributed by atoms with Gasteiger partial charge in [0.2, 0.25) is 5.88 Å². The molecule has 0 spiro atoms. The van der Waals surface area contributed by atoms with Crippen molar-refractivity contribution in [3.05, 3.63) is 35.5 Å². The van der Waals surface area contributed by atoms with Gasteiger partial charge in [-0.2, -0.15) is 13.2 Å². The maximum Gasteiger partial charge on any atom is 0.416 e. The molecule has 1 aliphatic carbocycles. The molecule has 1 aliphatic heterocycles. The molecule has 1 atom stereocenters. The fourth-order valence-electron chi connectivity index (χ4n) is 3.74. The van der Waals surface area contributed by atoms with E-state index in [1.165, 1.54) is 0 Å². The highest BCUT2D eigenvalue weighted by Gasteiger charge is 2.36. The Morgan fingerprint density at radius 3 is 2.63 bits per heavy atom. The summed E-state index contributed by atoms with van der Waals surface area (Å²) in [7, 11) is 1.86. The molecule has 0 aromatic carbocycles. The van der Waals surface area contributed by atoms with Crippen LogP contribution in [-0.4, -0.2) is 32.5 Å². The Bertz CT molecular complexity index is 796. The van der Waals surface area contributed by atoms with E-state index in [1.807, 2.05) is 11.6 Å². The van der Waals surface area contributed by atoms with Crippen LogP contribution in [0, 0.1) is 5.92 Å². The molecule has 1 saturated carbocycles. The lowest BCUT2D eigenvalue weighted by Crippen LogP contribution is -2.20. The third-order valence-corrected chi connectivity index (χ3v) is 5.43. The summed E-state index contributed by atoms with van der Waals surface area (Å²) in [5.41, 5.74) is -0.789. The van der Waals surface area contributed by atoms with E-state index in [0.717, 1.165) is 56.4 Å². The summed E-state index contributed by atoms with van der Waals surface area (Å²) in [4.78, 5) is 3.83. The van der Waals surface area contributed by atoms with E-state index >= 15 is 0 Å². The molecule has 2 aromatic heterocycles. The first-order valence-corrected chi connectivity index (χ1v) is 9.07. The number of hydrogen-bond donors (Lipinski definition) is 0. The lowest BCUT2D eigenvalue weighted by Gasteiger charge is -2.26. The molecule has 1 unspecified atom stereocenters. The van der Waals surface area contributed by atoms with Crippen LogP contribution in [0.3, 0.4) is 0 Å². The second kappa shape index (κ2) is 7.10. The van der Waals surface area contributed by atoms with Crippen LogP contribution in [0.1, 0.15) is 48.8 Å². The first-order chi connectivity index (χ1) is 12.9. The van der Waals surface area contributed by atoms with Crippen molar-refractivity contribution >= 4 is 0 Å². The second-order valence-corrected chi connectivity index (χ2v) is 7.19. The van der Waals surface area contributed by atoms with E-state index in [-0.39, 0.29) is 12.5 Å². The Balaban J connectivity index is 1.38. The average molecular weight is 382 g/mol. The molecular weight excluding hydrogens is 361 g/mol. The van der Waals surface area contributed by atoms with Gasteiger partial charge in [0.25, 0.3) is 0 Å². The summed E-state index contributed by atoms with van der Waals surface area (Å²) in [5, 5.41) is 8.45. The number of rotatable bonds is 5. The van der Waals surface area contributed by atoms with Gasteiger partial charge in [-0.05, 0) is 37.7 Å². The zero-order chi connectivity index (χ0) is 19.0. The molecule has 0 amide bonds. The predicted octanol–water partition coefficient (Wildman–Crippen LogP) is 3.48. The largest absolute Gasteiger partial charge is 0.469 e. The Hall–Kier alpha value is -2.16. The number of nitrogens with zero attached hydrogens (tertiary/aromatic N) is 4. The summed E-state index contributed by atoms with van der Waals surface area (Å²) in [5.74, 6) is 2.39. The van der Waals surface area contributed by atoms with Crippen LogP contribution >= 0.6 is 0 Å². The van der Waals surface area contributed by atoms with Gasteiger partial charge in [-0.3, -0.25) is 0 Å². The van der Waals surface area contributed by atoms with Gasteiger partial charge >= 0.3 is 6.18 Å². The maximum absolute atomic E-state index is 12.8. The van der Waals surface area contributed by atoms with Crippen molar-refractivity contribution in [3.8, 4) is 5.88 Å². The van der Waals surface area contributed by atoms with Crippen molar-refractivity contribution in [3.63, 3.8) is 0 Å². The molecule has 2 fully saturated rings. The van der Waals surface area contributed by atoms with Gasteiger partial charge in [0.15, 0.2) is 5.82 Å². The van der Waals surface area contributed by atoms with E-state index < -0.39 is 11.7 Å². The summed E-state index contributed by atoms with van der Waals surface area (Å²) in [6, 6.07) is 1.80. The van der Waals surface area contributed by atoms with E-state index in [9.17, 15) is 13.2 Å². The van der Waals surface area contributed by atoms with Crippen molar-refractivity contribution in [2.75, 3.05) is 6.61 Å². The molecule has 1 saturated heterocycles. The van der Waals surface area contributed by atoms with Crippen molar-refractivity contribution in [1.82, 2.24) is 19.7 Å². The van der Waals surface area contributed by atoms with Gasteiger partial charge in [0.05, 0.1) is 18.3 Å². The third-order valence-electron chi connectivity index (χ3n) is 5.43. The molecule has 4 rings (SSSR count). The zero-order valence-electron chi connectivity index (χ0n) is 14.9. The average Bonchev–Trinajstić information content (AvgIpc) is 3.44. The molecule has 0 N–H and O–H groups in total. The molecule has 2 aromatic rings. The summed E-state index contributed by atoms with van der Waals surface area (Å²) in [6.07, 6.45) is 1.46. The smallest absolute Gasteiger partial charge is 0.416 e. The van der Waals surface area contributed by atoms with Gasteiger partial charge in [0.1, 0.15) is 12.4 Å². The first-order valence-electron chi connectivity index (χ1n) is 9.07. The summed E-state index contributed by atoms with van der Waals surface area (Å²) >= 11 is 0. The lowest BCUT2D eigenvalue weighted by molar-refractivity contribution is -0.137. The number of aromatic nitrogens is 4. The van der Waals surface area contributed by atoms with Crippen molar-refractivity contribution in [2.45, 2.75) is 50.5 Å². The van der Waals surface area contributed by atoms with E-state index in [2.05, 4.69) is 15.2 Å². The number of halogens is 3. The highest BCUT2D eigenvalue weighted by molar-refractivity contribution is 5.23. The fourth-order valence-corrected chi connectivity index (χ4v) is 3.74. The maximum atomic E-state index is 12.8. The third kappa shape index (κ3) is 4.07. The zero-order valence-corrected chi connectivity index (χ0v) is 14.9. The number of hydrogen-bond acceptors (Lipinski definition) is 5. The normalized spacial score (nSPS) is 25.4. The number of alkyl halides is 3.